The Labute approximate surface area is 114 Å². The highest BCUT2D eigenvalue weighted by molar-refractivity contribution is 5.62. The molecule has 0 saturated heterocycles. The molecule has 20 heavy (non-hydrogen) atoms. The van der Waals surface area contributed by atoms with Crippen LogP contribution < -0.4 is 21.3 Å². The van der Waals surface area contributed by atoms with Crippen LogP contribution in [0, 0.1) is 10.1 Å². The fraction of sp³-hybridized carbons (Fsp3) is 0.0833. The first-order valence-corrected chi connectivity index (χ1v) is 5.66. The first-order chi connectivity index (χ1) is 9.62. The second kappa shape index (κ2) is 5.85. The number of pyridine rings is 1. The summed E-state index contributed by atoms with van der Waals surface area (Å²) in [7, 11) is 1.57. The summed E-state index contributed by atoms with van der Waals surface area (Å²) < 4.78 is 5.05. The van der Waals surface area contributed by atoms with Gasteiger partial charge in [-0.2, -0.15) is 0 Å². The quantitative estimate of drug-likeness (QED) is 0.434. The van der Waals surface area contributed by atoms with E-state index >= 15 is 0 Å². The first-order valence-electron chi connectivity index (χ1n) is 5.66. The molecule has 0 saturated carbocycles. The second-order valence-electron chi connectivity index (χ2n) is 3.85. The van der Waals surface area contributed by atoms with Crippen molar-refractivity contribution in [1.29, 1.82) is 0 Å². The van der Waals surface area contributed by atoms with Crippen molar-refractivity contribution in [3.05, 3.63) is 46.5 Å². The number of hydrogen-bond acceptors (Lipinski definition) is 7. The molecule has 0 unspecified atom stereocenters. The van der Waals surface area contributed by atoms with E-state index in [1.54, 1.807) is 31.4 Å². The molecule has 1 aromatic heterocycles. The molecule has 0 spiro atoms. The zero-order valence-corrected chi connectivity index (χ0v) is 10.7. The number of ether oxygens (including phenoxy) is 1. The Hall–Kier alpha value is -2.87. The molecule has 104 valence electrons. The average molecular weight is 275 g/mol. The smallest absolute Gasteiger partial charge is 0.276 e. The molecule has 8 heteroatoms. The van der Waals surface area contributed by atoms with E-state index in [9.17, 15) is 10.1 Å². The van der Waals surface area contributed by atoms with E-state index in [-0.39, 0.29) is 11.5 Å². The lowest BCUT2D eigenvalue weighted by Gasteiger charge is -2.08. The highest BCUT2D eigenvalue weighted by Gasteiger charge is 2.11. The third-order valence-electron chi connectivity index (χ3n) is 2.53. The SMILES string of the molecule is COc1ccc(Nc2cc([N+](=O)[O-])cc(NN)n2)cc1. The molecule has 0 radical (unpaired) electrons. The van der Waals surface area contributed by atoms with Crippen LogP contribution in [0.3, 0.4) is 0 Å². The predicted molar refractivity (Wildman–Crippen MR) is 75.0 cm³/mol. The van der Waals surface area contributed by atoms with Crippen molar-refractivity contribution in [2.75, 3.05) is 17.9 Å². The highest BCUT2D eigenvalue weighted by atomic mass is 16.6. The van der Waals surface area contributed by atoms with Gasteiger partial charge in [0.2, 0.25) is 0 Å². The zero-order valence-electron chi connectivity index (χ0n) is 10.7. The van der Waals surface area contributed by atoms with Crippen LogP contribution in [0.4, 0.5) is 23.0 Å². The lowest BCUT2D eigenvalue weighted by molar-refractivity contribution is -0.384. The maximum absolute atomic E-state index is 10.8. The number of nitrogens with two attached hydrogens (primary N) is 1. The largest absolute Gasteiger partial charge is 0.497 e. The van der Waals surface area contributed by atoms with Gasteiger partial charge in [0.05, 0.1) is 24.2 Å². The van der Waals surface area contributed by atoms with Crippen LogP contribution in [-0.4, -0.2) is 17.0 Å². The number of nitro groups is 1. The van der Waals surface area contributed by atoms with E-state index in [1.165, 1.54) is 12.1 Å². The summed E-state index contributed by atoms with van der Waals surface area (Å²) in [6.07, 6.45) is 0. The molecule has 1 heterocycles. The van der Waals surface area contributed by atoms with Crippen molar-refractivity contribution in [3.63, 3.8) is 0 Å². The van der Waals surface area contributed by atoms with Crippen molar-refractivity contribution in [1.82, 2.24) is 4.98 Å². The summed E-state index contributed by atoms with van der Waals surface area (Å²) in [5.41, 5.74) is 2.91. The molecule has 0 atom stereocenters. The van der Waals surface area contributed by atoms with Crippen molar-refractivity contribution in [2.45, 2.75) is 0 Å². The molecule has 0 aliphatic heterocycles. The molecular weight excluding hydrogens is 262 g/mol. The van der Waals surface area contributed by atoms with Gasteiger partial charge in [-0.3, -0.25) is 10.1 Å². The number of aromatic nitrogens is 1. The van der Waals surface area contributed by atoms with E-state index in [1.807, 2.05) is 0 Å². The maximum Gasteiger partial charge on any atom is 0.276 e. The molecule has 0 bridgehead atoms. The van der Waals surface area contributed by atoms with Gasteiger partial charge >= 0.3 is 0 Å². The first kappa shape index (κ1) is 13.6. The third kappa shape index (κ3) is 3.12. The Morgan fingerprint density at radius 1 is 1.25 bits per heavy atom. The van der Waals surface area contributed by atoms with E-state index in [4.69, 9.17) is 10.6 Å². The lowest BCUT2D eigenvalue weighted by Crippen LogP contribution is -2.10. The molecule has 8 nitrogen and oxygen atoms in total. The zero-order chi connectivity index (χ0) is 14.5. The van der Waals surface area contributed by atoms with Crippen LogP contribution in [0.1, 0.15) is 0 Å². The molecule has 2 aromatic rings. The number of nitrogen functional groups attached to an aromatic ring is 1. The van der Waals surface area contributed by atoms with Gasteiger partial charge in [0.1, 0.15) is 17.4 Å². The number of anilines is 3. The minimum atomic E-state index is -0.512. The van der Waals surface area contributed by atoms with Crippen molar-refractivity contribution in [2.24, 2.45) is 5.84 Å². The average Bonchev–Trinajstić information content (AvgIpc) is 2.47. The summed E-state index contributed by atoms with van der Waals surface area (Å²) in [6.45, 7) is 0. The molecule has 0 amide bonds. The van der Waals surface area contributed by atoms with Gasteiger partial charge in [0.15, 0.2) is 0 Å². The number of hydrazine groups is 1. The van der Waals surface area contributed by atoms with Gasteiger partial charge in [-0.25, -0.2) is 10.8 Å². The van der Waals surface area contributed by atoms with E-state index in [0.29, 0.717) is 11.6 Å². The van der Waals surface area contributed by atoms with Crippen LogP contribution in [0.25, 0.3) is 0 Å². The Balaban J connectivity index is 2.27. The summed E-state index contributed by atoms with van der Waals surface area (Å²) >= 11 is 0. The monoisotopic (exact) mass is 275 g/mol. The molecule has 0 fully saturated rings. The maximum atomic E-state index is 10.8. The topological polar surface area (TPSA) is 115 Å². The third-order valence-corrected chi connectivity index (χ3v) is 2.53. The Kier molecular flexibility index (Phi) is 3.96. The minimum Gasteiger partial charge on any atom is -0.497 e. The molecule has 1 aromatic carbocycles. The van der Waals surface area contributed by atoms with Crippen molar-refractivity contribution >= 4 is 23.0 Å². The summed E-state index contributed by atoms with van der Waals surface area (Å²) in [5, 5.41) is 13.8. The standard InChI is InChI=1S/C12H13N5O3/c1-20-10-4-2-8(3-5-10)14-11-6-9(17(18)19)7-12(15-11)16-13/h2-7H,13H2,1H3,(H2,14,15,16). The molecule has 2 rings (SSSR count). The van der Waals surface area contributed by atoms with Crippen molar-refractivity contribution in [3.8, 4) is 5.75 Å². The van der Waals surface area contributed by atoms with Crippen LogP contribution in [-0.2, 0) is 0 Å². The highest BCUT2D eigenvalue weighted by Crippen LogP contribution is 2.24. The Bertz CT molecular complexity index is 615. The number of hydrogen-bond donors (Lipinski definition) is 3. The van der Waals surface area contributed by atoms with Crippen molar-refractivity contribution < 1.29 is 9.66 Å². The number of nitrogens with one attached hydrogen (secondary N) is 2. The number of rotatable bonds is 5. The molecule has 4 N–H and O–H groups in total. The van der Waals surface area contributed by atoms with Crippen LogP contribution in [0.15, 0.2) is 36.4 Å². The van der Waals surface area contributed by atoms with Gasteiger partial charge in [-0.15, -0.1) is 0 Å². The van der Waals surface area contributed by atoms with Crippen LogP contribution in [0.2, 0.25) is 0 Å². The van der Waals surface area contributed by atoms with Gasteiger partial charge in [0, 0.05) is 5.69 Å². The summed E-state index contributed by atoms with van der Waals surface area (Å²) in [6, 6.07) is 9.65. The van der Waals surface area contributed by atoms with Gasteiger partial charge in [0.25, 0.3) is 5.69 Å². The minimum absolute atomic E-state index is 0.107. The normalized spacial score (nSPS) is 9.90. The molecular formula is C12H13N5O3. The Morgan fingerprint density at radius 3 is 2.45 bits per heavy atom. The summed E-state index contributed by atoms with van der Waals surface area (Å²) in [5.74, 6) is 6.48. The summed E-state index contributed by atoms with van der Waals surface area (Å²) in [4.78, 5) is 14.4. The van der Waals surface area contributed by atoms with E-state index < -0.39 is 4.92 Å². The van der Waals surface area contributed by atoms with Gasteiger partial charge in [-0.05, 0) is 24.3 Å². The number of benzene rings is 1. The van der Waals surface area contributed by atoms with Gasteiger partial charge < -0.3 is 15.5 Å². The lowest BCUT2D eigenvalue weighted by atomic mass is 10.3. The number of nitrogens with zero attached hydrogens (tertiary/aromatic N) is 2. The van der Waals surface area contributed by atoms with Gasteiger partial charge in [-0.1, -0.05) is 0 Å². The fourth-order valence-electron chi connectivity index (χ4n) is 1.58. The van der Waals surface area contributed by atoms with E-state index in [0.717, 1.165) is 5.69 Å². The molecule has 0 aliphatic carbocycles. The number of methoxy groups -OCH3 is 1. The van der Waals surface area contributed by atoms with E-state index in [2.05, 4.69) is 15.7 Å². The second-order valence-corrected chi connectivity index (χ2v) is 3.85. The van der Waals surface area contributed by atoms with Crippen LogP contribution >= 0.6 is 0 Å². The van der Waals surface area contributed by atoms with Crippen LogP contribution in [0.5, 0.6) is 5.75 Å². The Morgan fingerprint density at radius 2 is 1.90 bits per heavy atom. The molecule has 0 aliphatic rings. The predicted octanol–water partition coefficient (Wildman–Crippen LogP) is 2.03. The fourth-order valence-corrected chi connectivity index (χ4v) is 1.58.